The molecule has 0 bridgehead atoms. The molecule has 0 radical (unpaired) electrons. The maximum absolute atomic E-state index is 12.9. The molecule has 0 aromatic heterocycles. The summed E-state index contributed by atoms with van der Waals surface area (Å²) in [4.78, 5) is 26.3. The van der Waals surface area contributed by atoms with Crippen molar-refractivity contribution in [2.75, 3.05) is 0 Å². The Bertz CT molecular complexity index is 1330. The molecule has 2 aromatic carbocycles. The van der Waals surface area contributed by atoms with Gasteiger partial charge in [0.15, 0.2) is 0 Å². The van der Waals surface area contributed by atoms with Crippen LogP contribution >= 0.6 is 23.5 Å². The van der Waals surface area contributed by atoms with Crippen LogP contribution in [0.5, 0.6) is 11.5 Å². The molecule has 47 heavy (non-hydrogen) atoms. The number of aromatic hydroxyl groups is 1. The highest BCUT2D eigenvalue weighted by Crippen LogP contribution is 2.53. The van der Waals surface area contributed by atoms with Gasteiger partial charge in [0.25, 0.3) is 0 Å². The van der Waals surface area contributed by atoms with Gasteiger partial charge in [-0.1, -0.05) is 116 Å². The number of rotatable bonds is 13. The summed E-state index contributed by atoms with van der Waals surface area (Å²) in [5.41, 5.74) is 2.70. The van der Waals surface area contributed by atoms with Crippen LogP contribution in [0.2, 0.25) is 0 Å². The fraction of sp³-hybridized carbons (Fsp3) is 0.650. The van der Waals surface area contributed by atoms with Gasteiger partial charge in [-0.15, -0.1) is 23.5 Å². The molecule has 0 spiro atoms. The van der Waals surface area contributed by atoms with Crippen LogP contribution < -0.4 is 4.74 Å². The maximum Gasteiger partial charge on any atom is 0.311 e. The SMILES string of the molecule is CCCCCCC(C)(Sc1cc(C(C)(C)C)c(O)c(C(C)(C)C)c1)Sc1cc(C(C)(C)C)c(OC(=O)CCC(=O)O)c(C(C)(C)C)c1. The number of esters is 1. The monoisotopic (exact) mass is 686 g/mol. The first-order valence-corrected chi connectivity index (χ1v) is 18.8. The van der Waals surface area contributed by atoms with Gasteiger partial charge in [0.05, 0.1) is 16.9 Å². The number of aliphatic carboxylic acids is 1. The van der Waals surface area contributed by atoms with E-state index < -0.39 is 11.9 Å². The van der Waals surface area contributed by atoms with Crippen molar-refractivity contribution in [3.63, 3.8) is 0 Å². The minimum atomic E-state index is -1.02. The van der Waals surface area contributed by atoms with Gasteiger partial charge in [-0.05, 0) is 59.3 Å². The predicted octanol–water partition coefficient (Wildman–Crippen LogP) is 11.9. The molecule has 0 heterocycles. The highest BCUT2D eigenvalue weighted by molar-refractivity contribution is 8.18. The fourth-order valence-corrected chi connectivity index (χ4v) is 8.51. The highest BCUT2D eigenvalue weighted by atomic mass is 32.2. The van der Waals surface area contributed by atoms with E-state index in [4.69, 9.17) is 9.84 Å². The molecule has 2 rings (SSSR count). The van der Waals surface area contributed by atoms with E-state index >= 15 is 0 Å². The Labute approximate surface area is 294 Å². The van der Waals surface area contributed by atoms with Gasteiger partial charge in [-0.2, -0.15) is 0 Å². The second kappa shape index (κ2) is 15.6. The van der Waals surface area contributed by atoms with E-state index in [9.17, 15) is 14.7 Å². The number of unbranched alkanes of at least 4 members (excludes halogenated alkanes) is 3. The Balaban J connectivity index is 2.75. The van der Waals surface area contributed by atoms with Crippen LogP contribution in [0.25, 0.3) is 0 Å². The molecule has 2 N–H and O–H groups in total. The minimum absolute atomic E-state index is 0.175. The molecule has 0 aliphatic carbocycles. The van der Waals surface area contributed by atoms with Crippen molar-refractivity contribution in [1.29, 1.82) is 0 Å². The number of phenolic OH excluding ortho intramolecular Hbond substituents is 1. The van der Waals surface area contributed by atoms with Crippen LogP contribution in [0, 0.1) is 0 Å². The maximum atomic E-state index is 12.9. The van der Waals surface area contributed by atoms with E-state index in [0.717, 1.165) is 44.9 Å². The Morgan fingerprint density at radius 1 is 0.638 bits per heavy atom. The van der Waals surface area contributed by atoms with Crippen LogP contribution in [0.4, 0.5) is 0 Å². The number of hydrogen-bond acceptors (Lipinski definition) is 6. The normalized spacial score (nSPS) is 14.2. The van der Waals surface area contributed by atoms with Crippen LogP contribution in [-0.2, 0) is 31.2 Å². The van der Waals surface area contributed by atoms with E-state index in [0.29, 0.717) is 11.5 Å². The first-order valence-electron chi connectivity index (χ1n) is 17.2. The summed E-state index contributed by atoms with van der Waals surface area (Å²) >= 11 is 3.73. The summed E-state index contributed by atoms with van der Waals surface area (Å²) in [7, 11) is 0. The first kappa shape index (κ1) is 41.1. The zero-order chi connectivity index (χ0) is 36.2. The lowest BCUT2D eigenvalue weighted by molar-refractivity contribution is -0.142. The molecular formula is C40H62O5S2. The number of carbonyl (C=O) groups is 2. The number of carboxylic acids is 1. The van der Waals surface area contributed by atoms with Gasteiger partial charge in [-0.25, -0.2) is 0 Å². The summed E-state index contributed by atoms with van der Waals surface area (Å²) in [5, 5.41) is 20.5. The molecule has 264 valence electrons. The highest BCUT2D eigenvalue weighted by Gasteiger charge is 2.34. The number of benzene rings is 2. The lowest BCUT2D eigenvalue weighted by Crippen LogP contribution is -2.23. The third-order valence-corrected chi connectivity index (χ3v) is 11.0. The Morgan fingerprint density at radius 2 is 1.04 bits per heavy atom. The number of hydrogen-bond donors (Lipinski definition) is 2. The lowest BCUT2D eigenvalue weighted by Gasteiger charge is -2.34. The van der Waals surface area contributed by atoms with Crippen molar-refractivity contribution in [1.82, 2.24) is 0 Å². The molecule has 1 atom stereocenters. The van der Waals surface area contributed by atoms with E-state index in [2.05, 4.69) is 121 Å². The summed E-state index contributed by atoms with van der Waals surface area (Å²) in [6.45, 7) is 30.2. The van der Waals surface area contributed by atoms with Crippen molar-refractivity contribution in [3.05, 3.63) is 46.5 Å². The number of ether oxygens (including phenoxy) is 1. The largest absolute Gasteiger partial charge is 0.507 e. The van der Waals surface area contributed by atoms with Crippen LogP contribution in [0.15, 0.2) is 34.1 Å². The molecule has 0 saturated carbocycles. The van der Waals surface area contributed by atoms with E-state index in [1.165, 1.54) is 19.3 Å². The second-order valence-electron chi connectivity index (χ2n) is 17.2. The van der Waals surface area contributed by atoms with E-state index in [1.54, 1.807) is 0 Å². The first-order chi connectivity index (χ1) is 21.3. The standard InChI is InChI=1S/C40H62O5S2/c1-15-16-17-18-21-40(14,46-26-22-28(36(2,3)4)34(44)29(23-26)37(5,6)7)47-27-24-30(38(8,9)10)35(31(25-27)39(11,12)13)45-33(43)20-19-32(41)42/h22-25,44H,15-21H2,1-14H3,(H,41,42). The van der Waals surface area contributed by atoms with Crippen LogP contribution in [-0.4, -0.2) is 26.2 Å². The van der Waals surface area contributed by atoms with Gasteiger partial charge in [0.2, 0.25) is 0 Å². The number of carbonyl (C=O) groups excluding carboxylic acids is 1. The van der Waals surface area contributed by atoms with Gasteiger partial charge in [-0.3, -0.25) is 9.59 Å². The fourth-order valence-electron chi connectivity index (χ4n) is 5.56. The number of phenols is 1. The van der Waals surface area contributed by atoms with Gasteiger partial charge < -0.3 is 14.9 Å². The van der Waals surface area contributed by atoms with Gasteiger partial charge in [0, 0.05) is 32.0 Å². The zero-order valence-electron chi connectivity index (χ0n) is 31.7. The molecular weight excluding hydrogens is 625 g/mol. The number of thioether (sulfide) groups is 2. The summed E-state index contributed by atoms with van der Waals surface area (Å²) in [6.07, 6.45) is 5.23. The summed E-state index contributed by atoms with van der Waals surface area (Å²) < 4.78 is 5.79. The third-order valence-electron chi connectivity index (χ3n) is 8.29. The molecule has 0 aliphatic heterocycles. The van der Waals surface area contributed by atoms with Crippen molar-refractivity contribution in [3.8, 4) is 11.5 Å². The molecule has 0 saturated heterocycles. The van der Waals surface area contributed by atoms with Crippen LogP contribution in [0.1, 0.15) is 164 Å². The topological polar surface area (TPSA) is 83.8 Å². The number of carboxylic acid groups (broad SMARTS) is 1. The Hall–Kier alpha value is -2.12. The molecule has 1 unspecified atom stereocenters. The molecule has 0 amide bonds. The Morgan fingerprint density at radius 3 is 1.40 bits per heavy atom. The van der Waals surface area contributed by atoms with Crippen molar-refractivity contribution < 1.29 is 24.5 Å². The molecule has 7 heteroatoms. The molecule has 0 fully saturated rings. The lowest BCUT2D eigenvalue weighted by atomic mass is 9.79. The quantitative estimate of drug-likeness (QED) is 0.0713. The van der Waals surface area contributed by atoms with Crippen molar-refractivity contribution in [2.45, 2.75) is 177 Å². The van der Waals surface area contributed by atoms with E-state index in [-0.39, 0.29) is 38.6 Å². The molecule has 2 aromatic rings. The predicted molar refractivity (Wildman–Crippen MR) is 201 cm³/mol. The summed E-state index contributed by atoms with van der Waals surface area (Å²) in [5.74, 6) is -0.610. The van der Waals surface area contributed by atoms with Gasteiger partial charge >= 0.3 is 11.9 Å². The van der Waals surface area contributed by atoms with Gasteiger partial charge in [0.1, 0.15) is 11.5 Å². The van der Waals surface area contributed by atoms with Crippen molar-refractivity contribution in [2.24, 2.45) is 0 Å². The van der Waals surface area contributed by atoms with Crippen LogP contribution in [0.3, 0.4) is 0 Å². The average molecular weight is 687 g/mol. The molecule has 0 aliphatic rings. The Kier molecular flexibility index (Phi) is 13.6. The third kappa shape index (κ3) is 12.1. The second-order valence-corrected chi connectivity index (χ2v) is 20.6. The van der Waals surface area contributed by atoms with Crippen molar-refractivity contribution >= 4 is 35.5 Å². The van der Waals surface area contributed by atoms with E-state index in [1.807, 2.05) is 23.5 Å². The average Bonchev–Trinajstić information content (AvgIpc) is 2.89. The smallest absolute Gasteiger partial charge is 0.311 e. The molecule has 5 nitrogen and oxygen atoms in total. The zero-order valence-corrected chi connectivity index (χ0v) is 33.3. The summed E-state index contributed by atoms with van der Waals surface area (Å²) in [6, 6.07) is 8.70. The minimum Gasteiger partial charge on any atom is -0.507 e.